The summed E-state index contributed by atoms with van der Waals surface area (Å²) in [5, 5.41) is 26.3. The van der Waals surface area contributed by atoms with E-state index in [0.29, 0.717) is 11.4 Å². The standard InChI is InChI=1S/C28H19N7O4/c36-34(37)22-11-12-25(28(17-22)35(38)39)33-31-18-19-7-9-20(10-8-19)21-15-26(23-5-1-3-13-29-23)32-27(16-21)24-6-2-4-14-30-24/h1-18,33H/b31-18+. The summed E-state index contributed by atoms with van der Waals surface area (Å²) in [5.74, 6) is 0. The van der Waals surface area contributed by atoms with Crippen molar-refractivity contribution in [1.29, 1.82) is 0 Å². The number of rotatable bonds is 8. The van der Waals surface area contributed by atoms with Crippen LogP contribution in [0.5, 0.6) is 0 Å². The van der Waals surface area contributed by atoms with Crippen molar-refractivity contribution in [3.63, 3.8) is 0 Å². The zero-order valence-corrected chi connectivity index (χ0v) is 20.2. The fraction of sp³-hybridized carbons (Fsp3) is 0. The number of hydrogen-bond donors (Lipinski definition) is 1. The highest BCUT2D eigenvalue weighted by Crippen LogP contribution is 2.30. The van der Waals surface area contributed by atoms with Crippen molar-refractivity contribution in [1.82, 2.24) is 15.0 Å². The molecule has 190 valence electrons. The monoisotopic (exact) mass is 517 g/mol. The normalized spacial score (nSPS) is 10.9. The van der Waals surface area contributed by atoms with Crippen molar-refractivity contribution in [2.75, 3.05) is 5.43 Å². The lowest BCUT2D eigenvalue weighted by atomic mass is 10.0. The number of benzene rings is 2. The van der Waals surface area contributed by atoms with Gasteiger partial charge in [0, 0.05) is 18.5 Å². The number of anilines is 1. The molecular weight excluding hydrogens is 498 g/mol. The lowest BCUT2D eigenvalue weighted by Gasteiger charge is -2.09. The lowest BCUT2D eigenvalue weighted by molar-refractivity contribution is -0.393. The molecule has 0 aliphatic rings. The van der Waals surface area contributed by atoms with E-state index in [2.05, 4.69) is 20.5 Å². The molecule has 11 nitrogen and oxygen atoms in total. The molecule has 5 aromatic rings. The summed E-state index contributed by atoms with van der Waals surface area (Å²) in [7, 11) is 0. The zero-order valence-electron chi connectivity index (χ0n) is 20.2. The first-order valence-corrected chi connectivity index (χ1v) is 11.7. The number of nitrogens with zero attached hydrogens (tertiary/aromatic N) is 6. The maximum absolute atomic E-state index is 11.3. The highest BCUT2D eigenvalue weighted by Gasteiger charge is 2.19. The molecule has 2 aromatic carbocycles. The Kier molecular flexibility index (Phi) is 7.04. The highest BCUT2D eigenvalue weighted by atomic mass is 16.6. The van der Waals surface area contributed by atoms with Crippen LogP contribution in [-0.2, 0) is 0 Å². The van der Waals surface area contributed by atoms with Crippen LogP contribution in [0.3, 0.4) is 0 Å². The Morgan fingerprint density at radius 1 is 0.692 bits per heavy atom. The minimum Gasteiger partial charge on any atom is -0.272 e. The first kappa shape index (κ1) is 24.8. The van der Waals surface area contributed by atoms with Gasteiger partial charge >= 0.3 is 5.69 Å². The molecule has 11 heteroatoms. The molecule has 0 aliphatic heterocycles. The van der Waals surface area contributed by atoms with Gasteiger partial charge in [0.15, 0.2) is 0 Å². The highest BCUT2D eigenvalue weighted by molar-refractivity contribution is 5.83. The van der Waals surface area contributed by atoms with Crippen molar-refractivity contribution in [3.8, 4) is 33.9 Å². The number of nitro groups is 2. The molecule has 0 fully saturated rings. The van der Waals surface area contributed by atoms with Crippen molar-refractivity contribution >= 4 is 23.3 Å². The number of aromatic nitrogens is 3. The summed E-state index contributed by atoms with van der Waals surface area (Å²) in [6.07, 6.45) is 4.94. The van der Waals surface area contributed by atoms with Crippen molar-refractivity contribution in [3.05, 3.63) is 129 Å². The number of non-ortho nitro benzene ring substituents is 1. The van der Waals surface area contributed by atoms with Crippen molar-refractivity contribution < 1.29 is 9.85 Å². The van der Waals surface area contributed by atoms with Gasteiger partial charge in [-0.3, -0.25) is 35.6 Å². The van der Waals surface area contributed by atoms with Gasteiger partial charge < -0.3 is 0 Å². The summed E-state index contributed by atoms with van der Waals surface area (Å²) < 4.78 is 0. The van der Waals surface area contributed by atoms with Gasteiger partial charge in [0.1, 0.15) is 5.69 Å². The van der Waals surface area contributed by atoms with Gasteiger partial charge in [-0.1, -0.05) is 36.4 Å². The molecule has 0 aliphatic carbocycles. The van der Waals surface area contributed by atoms with E-state index in [4.69, 9.17) is 4.98 Å². The molecule has 0 atom stereocenters. The second-order valence-corrected chi connectivity index (χ2v) is 8.26. The van der Waals surface area contributed by atoms with Crippen molar-refractivity contribution in [2.45, 2.75) is 0 Å². The molecule has 0 amide bonds. The zero-order chi connectivity index (χ0) is 27.2. The number of nitrogens with one attached hydrogen (secondary N) is 1. The largest absolute Gasteiger partial charge is 0.301 e. The van der Waals surface area contributed by atoms with Gasteiger partial charge in [0.05, 0.1) is 44.9 Å². The van der Waals surface area contributed by atoms with Gasteiger partial charge in [-0.2, -0.15) is 5.10 Å². The molecule has 0 saturated carbocycles. The Morgan fingerprint density at radius 3 is 1.87 bits per heavy atom. The molecule has 0 bridgehead atoms. The summed E-state index contributed by atoms with van der Waals surface area (Å²) >= 11 is 0. The summed E-state index contributed by atoms with van der Waals surface area (Å²) in [6.45, 7) is 0. The van der Waals surface area contributed by atoms with E-state index in [9.17, 15) is 20.2 Å². The van der Waals surface area contributed by atoms with Crippen LogP contribution < -0.4 is 5.43 Å². The molecule has 0 radical (unpaired) electrons. The third-order valence-electron chi connectivity index (χ3n) is 5.71. The average molecular weight is 518 g/mol. The molecule has 0 unspecified atom stereocenters. The predicted octanol–water partition coefficient (Wildman–Crippen LogP) is 6.14. The molecular formula is C28H19N7O4. The van der Waals surface area contributed by atoms with E-state index in [1.165, 1.54) is 18.3 Å². The average Bonchev–Trinajstić information content (AvgIpc) is 2.98. The first-order valence-electron chi connectivity index (χ1n) is 11.7. The molecule has 3 aromatic heterocycles. The van der Waals surface area contributed by atoms with E-state index in [0.717, 1.165) is 34.1 Å². The third-order valence-corrected chi connectivity index (χ3v) is 5.71. The number of nitro benzene ring substituents is 2. The second kappa shape index (κ2) is 11.0. The summed E-state index contributed by atoms with van der Waals surface area (Å²) in [4.78, 5) is 34.5. The van der Waals surface area contributed by atoms with E-state index in [1.807, 2.05) is 72.8 Å². The van der Waals surface area contributed by atoms with Crippen LogP contribution >= 0.6 is 0 Å². The van der Waals surface area contributed by atoms with Crippen LogP contribution in [0.4, 0.5) is 17.1 Å². The maximum Gasteiger partial charge on any atom is 0.301 e. The van der Waals surface area contributed by atoms with E-state index >= 15 is 0 Å². The van der Waals surface area contributed by atoms with E-state index in [1.54, 1.807) is 12.4 Å². The Bertz CT molecular complexity index is 1620. The number of hydrazone groups is 1. The number of pyridine rings is 3. The second-order valence-electron chi connectivity index (χ2n) is 8.26. The van der Waals surface area contributed by atoms with Crippen molar-refractivity contribution in [2.24, 2.45) is 5.10 Å². The molecule has 0 saturated heterocycles. The Hall–Kier alpha value is -5.84. The van der Waals surface area contributed by atoms with Crippen LogP contribution in [-0.4, -0.2) is 31.0 Å². The van der Waals surface area contributed by atoms with Crippen LogP contribution in [0.25, 0.3) is 33.9 Å². The SMILES string of the molecule is O=[N+]([O-])c1ccc(N/N=C/c2ccc(-c3cc(-c4ccccn4)nc(-c4ccccn4)c3)cc2)c([N+](=O)[O-])c1. The minimum absolute atomic E-state index is 0.0411. The summed E-state index contributed by atoms with van der Waals surface area (Å²) in [5.41, 5.74) is 7.32. The fourth-order valence-electron chi connectivity index (χ4n) is 3.81. The van der Waals surface area contributed by atoms with Gasteiger partial charge in [-0.25, -0.2) is 4.98 Å². The Morgan fingerprint density at radius 2 is 1.33 bits per heavy atom. The molecule has 39 heavy (non-hydrogen) atoms. The van der Waals surface area contributed by atoms with Gasteiger partial charge in [-0.15, -0.1) is 0 Å². The quantitative estimate of drug-likeness (QED) is 0.147. The first-order chi connectivity index (χ1) is 19.0. The van der Waals surface area contributed by atoms with Crippen LogP contribution in [0.15, 0.2) is 108 Å². The predicted molar refractivity (Wildman–Crippen MR) is 147 cm³/mol. The van der Waals surface area contributed by atoms with E-state index in [-0.39, 0.29) is 11.4 Å². The smallest absolute Gasteiger partial charge is 0.272 e. The fourth-order valence-corrected chi connectivity index (χ4v) is 3.81. The van der Waals surface area contributed by atoms with Gasteiger partial charge in [0.25, 0.3) is 5.69 Å². The molecule has 1 N–H and O–H groups in total. The van der Waals surface area contributed by atoms with Crippen LogP contribution in [0.2, 0.25) is 0 Å². The van der Waals surface area contributed by atoms with E-state index < -0.39 is 15.5 Å². The Balaban J connectivity index is 1.41. The maximum atomic E-state index is 11.3. The van der Waals surface area contributed by atoms with Gasteiger partial charge in [-0.05, 0) is 59.2 Å². The van der Waals surface area contributed by atoms with Gasteiger partial charge in [0.2, 0.25) is 0 Å². The number of hydrogen-bond acceptors (Lipinski definition) is 9. The van der Waals surface area contributed by atoms with Crippen LogP contribution in [0.1, 0.15) is 5.56 Å². The third kappa shape index (κ3) is 5.78. The molecule has 3 heterocycles. The molecule has 5 rings (SSSR count). The molecule has 0 spiro atoms. The summed E-state index contributed by atoms with van der Waals surface area (Å²) in [6, 6.07) is 26.1. The topological polar surface area (TPSA) is 149 Å². The van der Waals surface area contributed by atoms with Crippen LogP contribution in [0, 0.1) is 20.2 Å². The minimum atomic E-state index is -0.702. The Labute approximate surface area is 221 Å². The lowest BCUT2D eigenvalue weighted by Crippen LogP contribution is -1.98.